The van der Waals surface area contributed by atoms with Crippen molar-refractivity contribution in [3.8, 4) is 0 Å². The minimum atomic E-state index is -1.20. The first-order valence-corrected chi connectivity index (χ1v) is 12.9. The number of fused-ring (bicyclic) bond motifs is 5. The van der Waals surface area contributed by atoms with E-state index in [1.165, 1.54) is 6.92 Å². The summed E-state index contributed by atoms with van der Waals surface area (Å²) in [6.07, 6.45) is 0.312. The lowest BCUT2D eigenvalue weighted by atomic mass is 9.47. The maximum atomic E-state index is 13.9. The van der Waals surface area contributed by atoms with Crippen LogP contribution < -0.4 is 0 Å². The molecule has 2 saturated carbocycles. The molecule has 0 unspecified atom stereocenters. The van der Waals surface area contributed by atoms with Gasteiger partial charge in [-0.1, -0.05) is 39.0 Å². The maximum Gasteiger partial charge on any atom is 0.338 e. The number of benzene rings is 1. The van der Waals surface area contributed by atoms with Gasteiger partial charge in [0.25, 0.3) is 0 Å². The fourth-order valence-corrected chi connectivity index (χ4v) is 7.72. The Bertz CT molecular complexity index is 1120. The van der Waals surface area contributed by atoms with Crippen LogP contribution in [0.1, 0.15) is 70.7 Å². The summed E-state index contributed by atoms with van der Waals surface area (Å²) < 4.78 is 17.8. The zero-order valence-electron chi connectivity index (χ0n) is 21.7. The molecule has 1 N–H and O–H groups in total. The first kappa shape index (κ1) is 25.2. The molecule has 7 nitrogen and oxygen atoms in total. The third-order valence-electron chi connectivity index (χ3n) is 9.39. The van der Waals surface area contributed by atoms with E-state index < -0.39 is 46.5 Å². The largest absolute Gasteiger partial charge is 0.458 e. The van der Waals surface area contributed by atoms with Crippen molar-refractivity contribution in [2.45, 2.75) is 84.2 Å². The van der Waals surface area contributed by atoms with E-state index in [0.29, 0.717) is 30.4 Å². The molecule has 7 heteroatoms. The highest BCUT2D eigenvalue weighted by atomic mass is 16.6. The van der Waals surface area contributed by atoms with Crippen LogP contribution in [0.2, 0.25) is 0 Å². The Labute approximate surface area is 212 Å². The van der Waals surface area contributed by atoms with Crippen LogP contribution in [-0.4, -0.2) is 53.3 Å². The van der Waals surface area contributed by atoms with Crippen molar-refractivity contribution in [1.29, 1.82) is 0 Å². The number of ketones is 1. The second kappa shape index (κ2) is 8.52. The number of hydrogen-bond donors (Lipinski definition) is 1. The molecule has 0 aromatic heterocycles. The molecular formula is C29H36O7. The van der Waals surface area contributed by atoms with Crippen LogP contribution in [0, 0.1) is 22.7 Å². The van der Waals surface area contributed by atoms with Gasteiger partial charge in [0.15, 0.2) is 5.78 Å². The molecule has 1 heterocycles. The summed E-state index contributed by atoms with van der Waals surface area (Å²) in [6.45, 7) is 9.43. The van der Waals surface area contributed by atoms with Gasteiger partial charge in [-0.05, 0) is 54.7 Å². The van der Waals surface area contributed by atoms with Crippen LogP contribution in [0.5, 0.6) is 0 Å². The molecule has 36 heavy (non-hydrogen) atoms. The number of esters is 2. The molecule has 7 atom stereocenters. The van der Waals surface area contributed by atoms with Gasteiger partial charge in [0.2, 0.25) is 0 Å². The lowest BCUT2D eigenvalue weighted by Crippen LogP contribution is -2.73. The molecule has 1 aromatic rings. The first-order valence-electron chi connectivity index (χ1n) is 12.9. The Morgan fingerprint density at radius 2 is 1.81 bits per heavy atom. The fourth-order valence-electron chi connectivity index (χ4n) is 7.72. The highest BCUT2D eigenvalue weighted by molar-refractivity contribution is 5.98. The highest BCUT2D eigenvalue weighted by Gasteiger charge is 2.68. The van der Waals surface area contributed by atoms with Crippen LogP contribution >= 0.6 is 0 Å². The normalized spacial score (nSPS) is 39.1. The van der Waals surface area contributed by atoms with Crippen molar-refractivity contribution in [2.24, 2.45) is 22.7 Å². The van der Waals surface area contributed by atoms with E-state index in [0.717, 1.165) is 5.57 Å². The summed E-state index contributed by atoms with van der Waals surface area (Å²) in [4.78, 5) is 39.4. The summed E-state index contributed by atoms with van der Waals surface area (Å²) in [7, 11) is 0. The van der Waals surface area contributed by atoms with Crippen molar-refractivity contribution >= 4 is 17.7 Å². The standard InChI is InChI=1S/C29H36O7/c1-16-21(35-17(2)30)13-19-24(36-26(32)18-9-7-6-8-10-18)25-28(5,12-11-22-29(25,33)15-34-22)14-20(31)23(16)27(19,3)4/h6-10,19,21-22,24-25,33H,11-15H2,1-5H3/t19-,21-,22+,24+,25-,28-,29-/m0/s1. The molecule has 0 amide bonds. The maximum absolute atomic E-state index is 13.9. The van der Waals surface area contributed by atoms with E-state index in [1.807, 2.05) is 33.8 Å². The average molecular weight is 497 g/mol. The summed E-state index contributed by atoms with van der Waals surface area (Å²) in [6, 6.07) is 8.83. The summed E-state index contributed by atoms with van der Waals surface area (Å²) in [5, 5.41) is 12.0. The van der Waals surface area contributed by atoms with E-state index in [4.69, 9.17) is 14.2 Å². The van der Waals surface area contributed by atoms with E-state index in [1.54, 1.807) is 24.3 Å². The number of allylic oxidation sites excluding steroid dienone is 1. The van der Waals surface area contributed by atoms with Gasteiger partial charge in [0.05, 0.1) is 18.3 Å². The minimum absolute atomic E-state index is 0.0157. The van der Waals surface area contributed by atoms with Crippen molar-refractivity contribution in [2.75, 3.05) is 6.61 Å². The van der Waals surface area contributed by atoms with E-state index in [-0.39, 0.29) is 30.8 Å². The number of hydrogen-bond acceptors (Lipinski definition) is 7. The monoisotopic (exact) mass is 496 g/mol. The van der Waals surface area contributed by atoms with Gasteiger partial charge in [0.1, 0.15) is 17.8 Å². The zero-order chi connectivity index (χ0) is 26.0. The Kier molecular flexibility index (Phi) is 5.95. The molecule has 194 valence electrons. The topological polar surface area (TPSA) is 99.1 Å². The molecular weight excluding hydrogens is 460 g/mol. The Morgan fingerprint density at radius 1 is 1.11 bits per heavy atom. The van der Waals surface area contributed by atoms with Crippen LogP contribution in [0.4, 0.5) is 0 Å². The van der Waals surface area contributed by atoms with E-state index in [2.05, 4.69) is 0 Å². The summed E-state index contributed by atoms with van der Waals surface area (Å²) in [5.74, 6) is -1.73. The van der Waals surface area contributed by atoms with Gasteiger partial charge in [-0.15, -0.1) is 0 Å². The van der Waals surface area contributed by atoms with E-state index >= 15 is 0 Å². The molecule has 1 aliphatic heterocycles. The first-order chi connectivity index (χ1) is 16.9. The number of rotatable bonds is 3. The number of Topliss-reactive ketones (excluding diaryl/α,β-unsaturated/α-hetero) is 1. The quantitative estimate of drug-likeness (QED) is 0.631. The van der Waals surface area contributed by atoms with Gasteiger partial charge in [-0.25, -0.2) is 4.79 Å². The lowest BCUT2D eigenvalue weighted by molar-refractivity contribution is -0.319. The number of carbonyl (C=O) groups excluding carboxylic acids is 3. The second-order valence-electron chi connectivity index (χ2n) is 12.0. The predicted octanol–water partition coefficient (Wildman–Crippen LogP) is 4.03. The molecule has 4 aliphatic rings. The molecule has 1 aromatic carbocycles. The van der Waals surface area contributed by atoms with Gasteiger partial charge in [-0.2, -0.15) is 0 Å². The third-order valence-corrected chi connectivity index (χ3v) is 9.39. The van der Waals surface area contributed by atoms with Gasteiger partial charge in [0, 0.05) is 30.8 Å². The van der Waals surface area contributed by atoms with Gasteiger partial charge < -0.3 is 19.3 Å². The highest BCUT2D eigenvalue weighted by Crippen LogP contribution is 2.62. The summed E-state index contributed by atoms with van der Waals surface area (Å²) >= 11 is 0. The van der Waals surface area contributed by atoms with Crippen molar-refractivity contribution in [3.63, 3.8) is 0 Å². The Hall–Kier alpha value is -2.51. The number of aliphatic hydroxyl groups is 1. The lowest BCUT2D eigenvalue weighted by Gasteiger charge is -2.64. The fraction of sp³-hybridized carbons (Fsp3) is 0.621. The van der Waals surface area contributed by atoms with E-state index in [9.17, 15) is 19.5 Å². The molecule has 3 aliphatic carbocycles. The predicted molar refractivity (Wildman–Crippen MR) is 131 cm³/mol. The molecule has 0 spiro atoms. The molecule has 3 fully saturated rings. The Balaban J connectivity index is 1.67. The Morgan fingerprint density at radius 3 is 2.42 bits per heavy atom. The number of carbonyl (C=O) groups is 3. The van der Waals surface area contributed by atoms with Gasteiger partial charge in [-0.3, -0.25) is 9.59 Å². The molecule has 0 radical (unpaired) electrons. The summed E-state index contributed by atoms with van der Waals surface area (Å²) in [5.41, 5.74) is -0.582. The van der Waals surface area contributed by atoms with Crippen molar-refractivity contribution in [3.05, 3.63) is 47.0 Å². The average Bonchev–Trinajstić information content (AvgIpc) is 2.78. The smallest absolute Gasteiger partial charge is 0.338 e. The second-order valence-corrected chi connectivity index (χ2v) is 12.0. The van der Waals surface area contributed by atoms with Crippen molar-refractivity contribution in [1.82, 2.24) is 0 Å². The SMILES string of the molecule is CC(=O)O[C@H]1C[C@H]2[C@@H](OC(=O)c3ccccc3)[C@H]3[C@@](C)(CC[C@H]4OC[C@]43O)CC(=O)C(=C1C)C2(C)C. The van der Waals surface area contributed by atoms with Crippen molar-refractivity contribution < 1.29 is 33.7 Å². The third kappa shape index (κ3) is 3.74. The van der Waals surface area contributed by atoms with Crippen LogP contribution in [0.15, 0.2) is 41.5 Å². The molecule has 5 rings (SSSR count). The molecule has 2 bridgehead atoms. The van der Waals surface area contributed by atoms with Crippen LogP contribution in [0.25, 0.3) is 0 Å². The van der Waals surface area contributed by atoms with Gasteiger partial charge >= 0.3 is 11.9 Å². The minimum Gasteiger partial charge on any atom is -0.458 e. The number of ether oxygens (including phenoxy) is 3. The van der Waals surface area contributed by atoms with Crippen LogP contribution in [-0.2, 0) is 23.8 Å². The molecule has 1 saturated heterocycles. The zero-order valence-corrected chi connectivity index (χ0v) is 21.7. The van der Waals surface area contributed by atoms with Crippen LogP contribution in [0.3, 0.4) is 0 Å².